The van der Waals surface area contributed by atoms with Crippen LogP contribution >= 0.6 is 0 Å². The van der Waals surface area contributed by atoms with Gasteiger partial charge in [0.15, 0.2) is 0 Å². The summed E-state index contributed by atoms with van der Waals surface area (Å²) in [5.41, 5.74) is 0.494. The molecule has 4 saturated carbocycles. The molecular formula is C24H39LiO4. The van der Waals surface area contributed by atoms with Crippen LogP contribution in [0, 0.1) is 46.3 Å². The number of carboxylic acid groups (broad SMARTS) is 1. The monoisotopic (exact) mass is 398 g/mol. The van der Waals surface area contributed by atoms with E-state index in [9.17, 15) is 20.1 Å². The number of aliphatic hydroxyl groups is 2. The van der Waals surface area contributed by atoms with Crippen LogP contribution in [0.1, 0.15) is 85.0 Å². The van der Waals surface area contributed by atoms with Crippen molar-refractivity contribution in [2.75, 3.05) is 0 Å². The van der Waals surface area contributed by atoms with Crippen LogP contribution in [0.15, 0.2) is 0 Å². The Morgan fingerprint density at radius 2 is 1.69 bits per heavy atom. The zero-order valence-electron chi connectivity index (χ0n) is 18.9. The molecule has 0 spiro atoms. The van der Waals surface area contributed by atoms with Gasteiger partial charge < -0.3 is 20.1 Å². The van der Waals surface area contributed by atoms with Crippen molar-refractivity contribution in [3.05, 3.63) is 0 Å². The third-order valence-corrected chi connectivity index (χ3v) is 10.2. The fraction of sp³-hybridized carbons (Fsp3) is 0.958. The maximum absolute atomic E-state index is 11.2. The van der Waals surface area contributed by atoms with Gasteiger partial charge in [0.05, 0.1) is 12.2 Å². The van der Waals surface area contributed by atoms with E-state index in [1.807, 2.05) is 0 Å². The third-order valence-electron chi connectivity index (χ3n) is 10.2. The molecule has 1 unspecified atom stereocenters. The zero-order valence-corrected chi connectivity index (χ0v) is 18.9. The van der Waals surface area contributed by atoms with E-state index in [1.54, 1.807) is 0 Å². The maximum Gasteiger partial charge on any atom is 1.00 e. The number of carbonyl (C=O) groups excluding carboxylic acids is 1. The fourth-order valence-electron chi connectivity index (χ4n) is 8.72. The second-order valence-corrected chi connectivity index (χ2v) is 11.3. The van der Waals surface area contributed by atoms with Gasteiger partial charge in [0.25, 0.3) is 0 Å². The predicted octanol–water partition coefficient (Wildman–Crippen LogP) is 0.147. The second kappa shape index (κ2) is 8.49. The van der Waals surface area contributed by atoms with Crippen LogP contribution in [0.2, 0.25) is 0 Å². The zero-order chi connectivity index (χ0) is 20.3. The Morgan fingerprint density at radius 3 is 2.38 bits per heavy atom. The minimum absolute atomic E-state index is 0. The van der Waals surface area contributed by atoms with Crippen molar-refractivity contribution in [2.24, 2.45) is 46.3 Å². The average molecular weight is 399 g/mol. The summed E-state index contributed by atoms with van der Waals surface area (Å²) >= 11 is 0. The summed E-state index contributed by atoms with van der Waals surface area (Å²) in [6.07, 6.45) is 8.91. The van der Waals surface area contributed by atoms with E-state index < -0.39 is 5.97 Å². The van der Waals surface area contributed by atoms with Gasteiger partial charge in [-0.25, -0.2) is 0 Å². The first-order chi connectivity index (χ1) is 13.2. The summed E-state index contributed by atoms with van der Waals surface area (Å²) in [5, 5.41) is 32.4. The van der Waals surface area contributed by atoms with Crippen molar-refractivity contribution in [3.8, 4) is 0 Å². The summed E-state index contributed by atoms with van der Waals surface area (Å²) in [5.74, 6) is 1.99. The van der Waals surface area contributed by atoms with Gasteiger partial charge in [0.1, 0.15) is 0 Å². The Balaban J connectivity index is 0.00000240. The first-order valence-corrected chi connectivity index (χ1v) is 11.7. The van der Waals surface area contributed by atoms with Gasteiger partial charge >= 0.3 is 18.9 Å². The van der Waals surface area contributed by atoms with Gasteiger partial charge in [0.2, 0.25) is 0 Å². The van der Waals surface area contributed by atoms with Gasteiger partial charge in [-0.1, -0.05) is 20.8 Å². The molecule has 0 radical (unpaired) electrons. The van der Waals surface area contributed by atoms with Crippen molar-refractivity contribution in [1.82, 2.24) is 0 Å². The Kier molecular flexibility index (Phi) is 6.93. The Labute approximate surface area is 188 Å². The molecule has 0 aromatic carbocycles. The maximum atomic E-state index is 11.2. The number of rotatable bonds is 4. The predicted molar refractivity (Wildman–Crippen MR) is 106 cm³/mol. The average Bonchev–Trinajstić information content (AvgIpc) is 2.98. The molecule has 0 saturated heterocycles. The first-order valence-electron chi connectivity index (χ1n) is 11.7. The minimum Gasteiger partial charge on any atom is -0.550 e. The molecule has 5 heteroatoms. The molecule has 29 heavy (non-hydrogen) atoms. The summed E-state index contributed by atoms with van der Waals surface area (Å²) in [4.78, 5) is 10.9. The van der Waals surface area contributed by atoms with Crippen LogP contribution in [-0.4, -0.2) is 28.4 Å². The van der Waals surface area contributed by atoms with E-state index in [0.29, 0.717) is 41.9 Å². The van der Waals surface area contributed by atoms with Gasteiger partial charge in [-0.05, 0) is 111 Å². The van der Waals surface area contributed by atoms with Crippen LogP contribution in [0.3, 0.4) is 0 Å². The summed E-state index contributed by atoms with van der Waals surface area (Å²) in [6.45, 7) is 7.11. The van der Waals surface area contributed by atoms with Gasteiger partial charge in [-0.2, -0.15) is 0 Å². The summed E-state index contributed by atoms with van der Waals surface area (Å²) < 4.78 is 0. The number of aliphatic carboxylic acids is 1. The normalized spacial score (nSPS) is 49.9. The number of fused-ring (bicyclic) bond motifs is 5. The number of aliphatic hydroxyl groups excluding tert-OH is 2. The minimum atomic E-state index is -0.934. The largest absolute Gasteiger partial charge is 1.00 e. The molecule has 0 aliphatic heterocycles. The molecule has 0 bridgehead atoms. The van der Waals surface area contributed by atoms with E-state index in [2.05, 4.69) is 20.8 Å². The van der Waals surface area contributed by atoms with Crippen LogP contribution in [0.25, 0.3) is 0 Å². The van der Waals surface area contributed by atoms with Crippen molar-refractivity contribution >= 4 is 5.97 Å². The SMILES string of the molecule is C[C@H](CCC(=O)[O-])[C@H]1CC[C@H]2[C@H]3C(CC[C@]12C)[C@@]1(C)CC[C@@H](O)C[C@H]1C[C@H]3O.[Li+]. The van der Waals surface area contributed by atoms with Crippen LogP contribution in [0.5, 0.6) is 0 Å². The van der Waals surface area contributed by atoms with Crippen LogP contribution < -0.4 is 24.0 Å². The molecule has 0 aromatic rings. The summed E-state index contributed by atoms with van der Waals surface area (Å²) in [6, 6.07) is 0. The number of hydrogen-bond donors (Lipinski definition) is 2. The number of hydrogen-bond acceptors (Lipinski definition) is 4. The fourth-order valence-corrected chi connectivity index (χ4v) is 8.72. The van der Waals surface area contributed by atoms with Gasteiger partial charge in [-0.3, -0.25) is 0 Å². The first kappa shape index (κ1) is 23.6. The van der Waals surface area contributed by atoms with E-state index in [0.717, 1.165) is 25.7 Å². The molecule has 2 N–H and O–H groups in total. The topological polar surface area (TPSA) is 80.6 Å². The molecule has 4 fully saturated rings. The number of carbonyl (C=O) groups is 1. The van der Waals surface area contributed by atoms with Gasteiger partial charge in [-0.15, -0.1) is 0 Å². The molecule has 0 amide bonds. The quantitative estimate of drug-likeness (QED) is 0.661. The third kappa shape index (κ3) is 3.86. The molecular weight excluding hydrogens is 359 g/mol. The standard InChI is InChI=1S/C24H40O4.Li/c1-14(4-7-21(27)28)17-5-6-18-22-19(9-11-24(17,18)3)23(2)10-8-16(25)12-15(23)13-20(22)26;/h14-20,22,25-26H,4-13H2,1-3H3,(H,27,28);/q;+1/p-1/t14-,15+,16-,17-,18+,19?,20-,22+,23+,24-;/m1./s1. The molecule has 4 aliphatic rings. The smallest absolute Gasteiger partial charge is 0.550 e. The van der Waals surface area contributed by atoms with E-state index >= 15 is 0 Å². The molecule has 0 aromatic heterocycles. The van der Waals surface area contributed by atoms with Gasteiger partial charge in [0, 0.05) is 5.97 Å². The van der Waals surface area contributed by atoms with E-state index in [-0.39, 0.29) is 48.3 Å². The Bertz CT molecular complexity index is 612. The van der Waals surface area contributed by atoms with Crippen molar-refractivity contribution in [1.29, 1.82) is 0 Å². The molecule has 10 atom stereocenters. The van der Waals surface area contributed by atoms with Crippen LogP contribution in [0.4, 0.5) is 0 Å². The van der Waals surface area contributed by atoms with Crippen molar-refractivity contribution in [2.45, 2.75) is 97.2 Å². The van der Waals surface area contributed by atoms with E-state index in [1.165, 1.54) is 25.7 Å². The molecule has 4 rings (SSSR count). The molecule has 4 nitrogen and oxygen atoms in total. The van der Waals surface area contributed by atoms with Crippen molar-refractivity contribution < 1.29 is 39.0 Å². The van der Waals surface area contributed by atoms with E-state index in [4.69, 9.17) is 0 Å². The van der Waals surface area contributed by atoms with Crippen molar-refractivity contribution in [3.63, 3.8) is 0 Å². The second-order valence-electron chi connectivity index (χ2n) is 11.3. The Morgan fingerprint density at radius 1 is 1.03 bits per heavy atom. The summed E-state index contributed by atoms with van der Waals surface area (Å²) in [7, 11) is 0. The Hall–Kier alpha value is -0.0126. The number of carboxylic acids is 1. The molecule has 4 aliphatic carbocycles. The molecule has 0 heterocycles. The van der Waals surface area contributed by atoms with Crippen LogP contribution in [-0.2, 0) is 4.79 Å². The molecule has 160 valence electrons.